The number of benzene rings is 1. The van der Waals surface area contributed by atoms with Crippen molar-refractivity contribution in [2.45, 2.75) is 31.8 Å². The molecule has 1 N–H and O–H groups in total. The van der Waals surface area contributed by atoms with Crippen LogP contribution in [0.4, 0.5) is 10.5 Å². The highest BCUT2D eigenvalue weighted by atomic mass is 35.5. The Balaban J connectivity index is 1.56. The van der Waals surface area contributed by atoms with Gasteiger partial charge in [-0.25, -0.2) is 4.79 Å². The quantitative estimate of drug-likeness (QED) is 0.667. The number of piperidine rings is 1. The minimum atomic E-state index is -0.451. The summed E-state index contributed by atoms with van der Waals surface area (Å²) in [4.78, 5) is 26.7. The Morgan fingerprint density at radius 2 is 2.04 bits per heavy atom. The summed E-state index contributed by atoms with van der Waals surface area (Å²) < 4.78 is 0. The van der Waals surface area contributed by atoms with Crippen LogP contribution in [0.3, 0.4) is 0 Å². The lowest BCUT2D eigenvalue weighted by molar-refractivity contribution is -0.384. The number of nitro groups is 1. The minimum Gasteiger partial charge on any atom is -0.338 e. The maximum atomic E-state index is 11.9. The lowest BCUT2D eigenvalue weighted by atomic mass is 10.0. The first-order valence-corrected chi connectivity index (χ1v) is 8.62. The molecule has 2 aliphatic rings. The normalized spacial score (nSPS) is 20.0. The van der Waals surface area contributed by atoms with E-state index in [-0.39, 0.29) is 16.7 Å². The monoisotopic (exact) mass is 352 g/mol. The van der Waals surface area contributed by atoms with Crippen LogP contribution >= 0.6 is 11.6 Å². The summed E-state index contributed by atoms with van der Waals surface area (Å²) in [5, 5.41) is 14.0. The molecule has 0 aromatic heterocycles. The van der Waals surface area contributed by atoms with Gasteiger partial charge >= 0.3 is 6.03 Å². The maximum absolute atomic E-state index is 11.9. The predicted octanol–water partition coefficient (Wildman–Crippen LogP) is 2.63. The Morgan fingerprint density at radius 3 is 2.71 bits per heavy atom. The van der Waals surface area contributed by atoms with E-state index in [4.69, 9.17) is 11.6 Å². The number of amides is 2. The third kappa shape index (κ3) is 3.79. The Labute approximate surface area is 145 Å². The molecular weight excluding hydrogens is 332 g/mol. The van der Waals surface area contributed by atoms with Gasteiger partial charge in [-0.15, -0.1) is 0 Å². The number of hydrogen-bond acceptors (Lipinski definition) is 4. The molecule has 0 spiro atoms. The van der Waals surface area contributed by atoms with Crippen molar-refractivity contribution in [2.75, 3.05) is 26.2 Å². The van der Waals surface area contributed by atoms with Gasteiger partial charge in [0, 0.05) is 44.8 Å². The molecule has 0 aliphatic carbocycles. The molecule has 0 radical (unpaired) electrons. The van der Waals surface area contributed by atoms with E-state index in [1.165, 1.54) is 0 Å². The molecule has 0 saturated carbocycles. The van der Waals surface area contributed by atoms with Crippen molar-refractivity contribution in [1.82, 2.24) is 15.1 Å². The van der Waals surface area contributed by atoms with Crippen LogP contribution in [0.2, 0.25) is 5.02 Å². The van der Waals surface area contributed by atoms with Gasteiger partial charge in [-0.05, 0) is 30.9 Å². The van der Waals surface area contributed by atoms with E-state index in [0.29, 0.717) is 12.6 Å². The zero-order chi connectivity index (χ0) is 17.1. The van der Waals surface area contributed by atoms with Gasteiger partial charge in [-0.2, -0.15) is 0 Å². The van der Waals surface area contributed by atoms with Gasteiger partial charge in [-0.1, -0.05) is 17.7 Å². The second-order valence-electron chi connectivity index (χ2n) is 6.33. The molecule has 2 amide bonds. The molecule has 3 rings (SSSR count). The average molecular weight is 353 g/mol. The minimum absolute atomic E-state index is 0.0472. The van der Waals surface area contributed by atoms with E-state index in [0.717, 1.165) is 51.0 Å². The number of nitrogens with zero attached hydrogens (tertiary/aromatic N) is 3. The number of nitrogens with one attached hydrogen (secondary N) is 1. The van der Waals surface area contributed by atoms with Crippen molar-refractivity contribution in [1.29, 1.82) is 0 Å². The highest BCUT2D eigenvalue weighted by Crippen LogP contribution is 2.26. The van der Waals surface area contributed by atoms with E-state index >= 15 is 0 Å². The van der Waals surface area contributed by atoms with Crippen LogP contribution in [0.1, 0.15) is 24.8 Å². The third-order valence-corrected chi connectivity index (χ3v) is 5.04. The highest BCUT2D eigenvalue weighted by molar-refractivity contribution is 6.32. The predicted molar refractivity (Wildman–Crippen MR) is 91.1 cm³/mol. The lowest BCUT2D eigenvalue weighted by Crippen LogP contribution is -2.54. The largest absolute Gasteiger partial charge is 0.338 e. The lowest BCUT2D eigenvalue weighted by Gasteiger charge is -2.40. The summed E-state index contributed by atoms with van der Waals surface area (Å²) in [7, 11) is 0. The second kappa shape index (κ2) is 7.36. The Morgan fingerprint density at radius 1 is 1.29 bits per heavy atom. The first-order chi connectivity index (χ1) is 11.5. The van der Waals surface area contributed by atoms with Crippen molar-refractivity contribution >= 4 is 23.3 Å². The van der Waals surface area contributed by atoms with Crippen LogP contribution in [0.5, 0.6) is 0 Å². The first-order valence-electron chi connectivity index (χ1n) is 8.24. The smallest absolute Gasteiger partial charge is 0.317 e. The molecule has 0 bridgehead atoms. The number of nitro benzene ring substituents is 1. The average Bonchev–Trinajstić information content (AvgIpc) is 2.58. The summed E-state index contributed by atoms with van der Waals surface area (Å²) in [6.45, 7) is 4.02. The Bertz CT molecular complexity index is 632. The van der Waals surface area contributed by atoms with Crippen molar-refractivity contribution in [2.24, 2.45) is 0 Å². The number of rotatable bonds is 4. The summed E-state index contributed by atoms with van der Waals surface area (Å²) in [6, 6.07) is 5.31. The summed E-state index contributed by atoms with van der Waals surface area (Å²) in [5.41, 5.74) is 0.842. The molecule has 2 fully saturated rings. The van der Waals surface area contributed by atoms with Crippen LogP contribution in [-0.4, -0.2) is 53.0 Å². The van der Waals surface area contributed by atoms with E-state index in [1.807, 2.05) is 11.0 Å². The molecule has 0 atom stereocenters. The molecule has 8 heteroatoms. The van der Waals surface area contributed by atoms with Crippen molar-refractivity contribution < 1.29 is 9.72 Å². The SMILES string of the molecule is O=C1NCCCN1C1CCN(Cc2ccc(Cl)c([N+](=O)[O-])c2)CC1. The highest BCUT2D eigenvalue weighted by Gasteiger charge is 2.29. The standard InChI is InChI=1S/C16H21ClN4O3/c17-14-3-2-12(10-15(14)21(23)24)11-19-8-4-13(5-9-19)20-7-1-6-18-16(20)22/h2-3,10,13H,1,4-9,11H2,(H,18,22). The van der Waals surface area contributed by atoms with Gasteiger partial charge in [-0.3, -0.25) is 15.0 Å². The number of carbonyl (C=O) groups excluding carboxylic acids is 1. The molecule has 2 saturated heterocycles. The summed E-state index contributed by atoms with van der Waals surface area (Å²) in [6.07, 6.45) is 2.87. The van der Waals surface area contributed by atoms with Gasteiger partial charge in [0.05, 0.1) is 4.92 Å². The summed E-state index contributed by atoms with van der Waals surface area (Å²) >= 11 is 5.85. The van der Waals surface area contributed by atoms with Crippen LogP contribution in [0, 0.1) is 10.1 Å². The molecular formula is C16H21ClN4O3. The van der Waals surface area contributed by atoms with Gasteiger partial charge in [0.25, 0.3) is 5.69 Å². The van der Waals surface area contributed by atoms with Crippen LogP contribution < -0.4 is 5.32 Å². The third-order valence-electron chi connectivity index (χ3n) is 4.72. The van der Waals surface area contributed by atoms with Gasteiger partial charge in [0.2, 0.25) is 0 Å². The van der Waals surface area contributed by atoms with Crippen LogP contribution in [0.15, 0.2) is 18.2 Å². The molecule has 2 aliphatic heterocycles. The number of urea groups is 1. The van der Waals surface area contributed by atoms with Gasteiger partial charge < -0.3 is 10.2 Å². The van der Waals surface area contributed by atoms with Crippen molar-refractivity contribution in [3.63, 3.8) is 0 Å². The van der Waals surface area contributed by atoms with Crippen molar-refractivity contribution in [3.05, 3.63) is 38.9 Å². The maximum Gasteiger partial charge on any atom is 0.317 e. The molecule has 2 heterocycles. The first kappa shape index (κ1) is 17.0. The van der Waals surface area contributed by atoms with Crippen LogP contribution in [-0.2, 0) is 6.54 Å². The Hall–Kier alpha value is -1.86. The summed E-state index contributed by atoms with van der Waals surface area (Å²) in [5.74, 6) is 0. The van der Waals surface area contributed by atoms with E-state index < -0.39 is 4.92 Å². The zero-order valence-electron chi connectivity index (χ0n) is 13.4. The van der Waals surface area contributed by atoms with Crippen molar-refractivity contribution in [3.8, 4) is 0 Å². The fourth-order valence-electron chi connectivity index (χ4n) is 3.44. The van der Waals surface area contributed by atoms with Gasteiger partial charge in [0.1, 0.15) is 5.02 Å². The molecule has 24 heavy (non-hydrogen) atoms. The Kier molecular flexibility index (Phi) is 5.20. The van der Waals surface area contributed by atoms with E-state index in [1.54, 1.807) is 12.1 Å². The molecule has 1 aromatic rings. The molecule has 0 unspecified atom stereocenters. The van der Waals surface area contributed by atoms with E-state index in [9.17, 15) is 14.9 Å². The number of halogens is 1. The molecule has 1 aromatic carbocycles. The number of hydrogen-bond donors (Lipinski definition) is 1. The van der Waals surface area contributed by atoms with Crippen LogP contribution in [0.25, 0.3) is 0 Å². The molecule has 130 valence electrons. The van der Waals surface area contributed by atoms with Gasteiger partial charge in [0.15, 0.2) is 0 Å². The fourth-order valence-corrected chi connectivity index (χ4v) is 3.63. The molecule has 7 nitrogen and oxygen atoms in total. The fraction of sp³-hybridized carbons (Fsp3) is 0.562. The van der Waals surface area contributed by atoms with E-state index in [2.05, 4.69) is 10.2 Å². The topological polar surface area (TPSA) is 78.7 Å². The number of likely N-dealkylation sites (tertiary alicyclic amines) is 1. The number of carbonyl (C=O) groups is 1. The second-order valence-corrected chi connectivity index (χ2v) is 6.74. The zero-order valence-corrected chi connectivity index (χ0v) is 14.2.